The number of nitrogens with zero attached hydrogens (tertiary/aromatic N) is 1. The molecule has 0 saturated heterocycles. The van der Waals surface area contributed by atoms with Crippen LogP contribution in [-0.2, 0) is 14.8 Å². The Morgan fingerprint density at radius 1 is 1.29 bits per heavy atom. The van der Waals surface area contributed by atoms with Gasteiger partial charge in [-0.05, 0) is 0 Å². The van der Waals surface area contributed by atoms with Gasteiger partial charge in [-0.3, -0.25) is 0 Å². The van der Waals surface area contributed by atoms with E-state index < -0.39 is 32.5 Å². The maximum Gasteiger partial charge on any atom is 0.423 e. The molecular formula is C11H11NO8S. The van der Waals surface area contributed by atoms with Crippen LogP contribution < -0.4 is 9.47 Å². The second kappa shape index (κ2) is 5.13. The summed E-state index contributed by atoms with van der Waals surface area (Å²) in [5, 5.41) is 9.14. The van der Waals surface area contributed by atoms with Crippen molar-refractivity contribution >= 4 is 22.1 Å². The lowest BCUT2D eigenvalue weighted by Gasteiger charge is -2.17. The van der Waals surface area contributed by atoms with Crippen LogP contribution in [0.5, 0.6) is 11.5 Å². The van der Waals surface area contributed by atoms with Crippen molar-refractivity contribution in [3.05, 3.63) is 17.7 Å². The zero-order chi connectivity index (χ0) is 15.8. The zero-order valence-electron chi connectivity index (χ0n) is 11.0. The summed E-state index contributed by atoms with van der Waals surface area (Å²) in [7, 11) is -2.44. The summed E-state index contributed by atoms with van der Waals surface area (Å²) in [6.07, 6.45) is -1.15. The molecule has 0 radical (unpaired) electrons. The SMILES string of the molecule is COC(=O)N(C)S(=O)(=O)c1cc2c(cc1C(=O)O)OCO2. The summed E-state index contributed by atoms with van der Waals surface area (Å²) in [5.74, 6) is -1.28. The fourth-order valence-corrected chi connectivity index (χ4v) is 2.92. The number of carbonyl (C=O) groups excluding carboxylic acids is 1. The lowest BCUT2D eigenvalue weighted by Crippen LogP contribution is -2.34. The number of hydrogen-bond acceptors (Lipinski definition) is 7. The Kier molecular flexibility index (Phi) is 3.64. The van der Waals surface area contributed by atoms with Crippen LogP contribution >= 0.6 is 0 Å². The van der Waals surface area contributed by atoms with Crippen molar-refractivity contribution in [1.29, 1.82) is 0 Å². The molecule has 1 aliphatic heterocycles. The number of benzene rings is 1. The average molecular weight is 317 g/mol. The van der Waals surface area contributed by atoms with Crippen molar-refractivity contribution in [2.75, 3.05) is 21.0 Å². The van der Waals surface area contributed by atoms with E-state index in [4.69, 9.17) is 14.6 Å². The molecule has 114 valence electrons. The molecule has 1 aliphatic rings. The van der Waals surface area contributed by atoms with E-state index >= 15 is 0 Å². The fourth-order valence-electron chi connectivity index (χ4n) is 1.68. The van der Waals surface area contributed by atoms with E-state index in [0.29, 0.717) is 4.31 Å². The van der Waals surface area contributed by atoms with Crippen LogP contribution in [-0.4, -0.2) is 50.8 Å². The summed E-state index contributed by atoms with van der Waals surface area (Å²) in [6, 6.07) is 2.03. The number of ether oxygens (including phenoxy) is 3. The quantitative estimate of drug-likeness (QED) is 0.856. The number of rotatable bonds is 3. The Bertz CT molecular complexity index is 711. The third-order valence-corrected chi connectivity index (χ3v) is 4.54. The number of carbonyl (C=O) groups is 2. The number of hydrogen-bond donors (Lipinski definition) is 1. The molecule has 0 aliphatic carbocycles. The summed E-state index contributed by atoms with van der Waals surface area (Å²) < 4.78 is 39.3. The molecule has 0 bridgehead atoms. The minimum absolute atomic E-state index is 0.0804. The number of aromatic carboxylic acids is 1. The van der Waals surface area contributed by atoms with Crippen molar-refractivity contribution in [3.63, 3.8) is 0 Å². The van der Waals surface area contributed by atoms with E-state index in [-0.39, 0.29) is 18.3 Å². The van der Waals surface area contributed by atoms with Gasteiger partial charge >= 0.3 is 12.1 Å². The molecule has 9 nitrogen and oxygen atoms in total. The lowest BCUT2D eigenvalue weighted by atomic mass is 10.2. The Morgan fingerprint density at radius 3 is 2.38 bits per heavy atom. The largest absolute Gasteiger partial charge is 0.478 e. The molecule has 0 fully saturated rings. The molecule has 1 aromatic carbocycles. The minimum atomic E-state index is -4.41. The monoisotopic (exact) mass is 317 g/mol. The third-order valence-electron chi connectivity index (χ3n) is 2.78. The molecule has 0 unspecified atom stereocenters. The van der Waals surface area contributed by atoms with Crippen LogP contribution in [0.25, 0.3) is 0 Å². The number of methoxy groups -OCH3 is 1. The smallest absolute Gasteiger partial charge is 0.423 e. The van der Waals surface area contributed by atoms with Crippen LogP contribution in [0, 0.1) is 0 Å². The molecule has 1 amide bonds. The number of carboxylic acid groups (broad SMARTS) is 1. The molecule has 1 aromatic rings. The highest BCUT2D eigenvalue weighted by molar-refractivity contribution is 7.89. The maximum atomic E-state index is 12.3. The van der Waals surface area contributed by atoms with E-state index in [2.05, 4.69) is 4.74 Å². The van der Waals surface area contributed by atoms with Gasteiger partial charge in [0.15, 0.2) is 11.5 Å². The van der Waals surface area contributed by atoms with Gasteiger partial charge in [0.1, 0.15) is 4.90 Å². The molecule has 0 spiro atoms. The van der Waals surface area contributed by atoms with Crippen LogP contribution in [0.1, 0.15) is 10.4 Å². The van der Waals surface area contributed by atoms with Crippen LogP contribution in [0.2, 0.25) is 0 Å². The van der Waals surface area contributed by atoms with Crippen LogP contribution in [0.4, 0.5) is 4.79 Å². The van der Waals surface area contributed by atoms with Gasteiger partial charge in [0.2, 0.25) is 6.79 Å². The first-order chi connectivity index (χ1) is 9.78. The molecule has 2 rings (SSSR count). The van der Waals surface area contributed by atoms with Gasteiger partial charge in [-0.1, -0.05) is 0 Å². The Morgan fingerprint density at radius 2 is 1.86 bits per heavy atom. The summed E-state index contributed by atoms with van der Waals surface area (Å²) in [4.78, 5) is 22.0. The van der Waals surface area contributed by atoms with Crippen molar-refractivity contribution in [1.82, 2.24) is 4.31 Å². The number of amides is 1. The standard InChI is InChI=1S/C11H11NO8S/c1-12(11(15)18-2)21(16,17)9-4-8-7(19-5-20-8)3-6(9)10(13)14/h3-4H,5H2,1-2H3,(H,13,14). The highest BCUT2D eigenvalue weighted by Crippen LogP contribution is 2.37. The predicted octanol–water partition coefficient (Wildman–Crippen LogP) is 0.500. The number of carboxylic acids is 1. The second-order valence-electron chi connectivity index (χ2n) is 3.95. The molecule has 10 heteroatoms. The first kappa shape index (κ1) is 14.9. The summed E-state index contributed by atoms with van der Waals surface area (Å²) in [6.45, 7) is -0.148. The second-order valence-corrected chi connectivity index (χ2v) is 5.89. The highest BCUT2D eigenvalue weighted by Gasteiger charge is 2.33. The van der Waals surface area contributed by atoms with Gasteiger partial charge in [0, 0.05) is 19.2 Å². The molecule has 0 saturated carbocycles. The van der Waals surface area contributed by atoms with E-state index in [1.807, 2.05) is 0 Å². The van der Waals surface area contributed by atoms with Crippen LogP contribution in [0.3, 0.4) is 0 Å². The summed E-state index contributed by atoms with van der Waals surface area (Å²) >= 11 is 0. The van der Waals surface area contributed by atoms with Gasteiger partial charge in [0.05, 0.1) is 12.7 Å². The lowest BCUT2D eigenvalue weighted by molar-refractivity contribution is 0.0691. The molecule has 21 heavy (non-hydrogen) atoms. The Hall–Kier alpha value is -2.49. The van der Waals surface area contributed by atoms with Gasteiger partial charge in [-0.2, -0.15) is 0 Å². The van der Waals surface area contributed by atoms with Crippen molar-refractivity contribution in [3.8, 4) is 11.5 Å². The third kappa shape index (κ3) is 2.44. The van der Waals surface area contributed by atoms with Crippen molar-refractivity contribution < 1.29 is 37.3 Å². The maximum absolute atomic E-state index is 12.3. The first-order valence-corrected chi connectivity index (χ1v) is 6.97. The molecule has 0 atom stereocenters. The van der Waals surface area contributed by atoms with Gasteiger partial charge in [-0.15, -0.1) is 0 Å². The van der Waals surface area contributed by atoms with Gasteiger partial charge in [0.25, 0.3) is 10.0 Å². The average Bonchev–Trinajstić information content (AvgIpc) is 2.91. The normalized spacial score (nSPS) is 12.9. The van der Waals surface area contributed by atoms with E-state index in [0.717, 1.165) is 26.3 Å². The topological polar surface area (TPSA) is 119 Å². The van der Waals surface area contributed by atoms with Gasteiger partial charge < -0.3 is 19.3 Å². The van der Waals surface area contributed by atoms with E-state index in [1.165, 1.54) is 0 Å². The zero-order valence-corrected chi connectivity index (χ0v) is 11.8. The predicted molar refractivity (Wildman–Crippen MR) is 66.9 cm³/mol. The minimum Gasteiger partial charge on any atom is -0.478 e. The number of fused-ring (bicyclic) bond motifs is 1. The van der Waals surface area contributed by atoms with E-state index in [9.17, 15) is 18.0 Å². The van der Waals surface area contributed by atoms with Crippen molar-refractivity contribution in [2.45, 2.75) is 4.90 Å². The number of sulfonamides is 1. The molecule has 1 N–H and O–H groups in total. The van der Waals surface area contributed by atoms with Gasteiger partial charge in [-0.25, -0.2) is 22.3 Å². The summed E-state index contributed by atoms with van der Waals surface area (Å²) in [5.41, 5.74) is -0.532. The molecule has 0 aromatic heterocycles. The fraction of sp³-hybridized carbons (Fsp3) is 0.273. The first-order valence-electron chi connectivity index (χ1n) is 5.53. The Balaban J connectivity index is 2.62. The Labute approximate surface area is 119 Å². The molecular weight excluding hydrogens is 306 g/mol. The highest BCUT2D eigenvalue weighted by atomic mass is 32.2. The van der Waals surface area contributed by atoms with Crippen molar-refractivity contribution in [2.24, 2.45) is 0 Å². The van der Waals surface area contributed by atoms with E-state index in [1.54, 1.807) is 0 Å². The molecule has 1 heterocycles. The van der Waals surface area contributed by atoms with Crippen LogP contribution in [0.15, 0.2) is 17.0 Å².